The van der Waals surface area contributed by atoms with E-state index in [9.17, 15) is 9.59 Å². The maximum Gasteiger partial charge on any atom is 0.263 e. The van der Waals surface area contributed by atoms with Crippen molar-refractivity contribution >= 4 is 17.3 Å². The normalized spacial score (nSPS) is 14.5. The van der Waals surface area contributed by atoms with Crippen molar-refractivity contribution in [2.75, 3.05) is 36.4 Å². The number of para-hydroxylation sites is 1. The van der Waals surface area contributed by atoms with Gasteiger partial charge in [0.15, 0.2) is 0 Å². The Morgan fingerprint density at radius 2 is 1.60 bits per heavy atom. The predicted molar refractivity (Wildman–Crippen MR) is 120 cm³/mol. The van der Waals surface area contributed by atoms with Crippen molar-refractivity contribution in [1.29, 1.82) is 0 Å². The number of hydrogen-bond donors (Lipinski definition) is 1. The quantitative estimate of drug-likeness (QED) is 0.713. The lowest BCUT2D eigenvalue weighted by atomic mass is 10.1. The summed E-state index contributed by atoms with van der Waals surface area (Å²) in [5.41, 5.74) is 3.01. The molecule has 3 aromatic rings. The zero-order chi connectivity index (χ0) is 20.9. The summed E-state index contributed by atoms with van der Waals surface area (Å²) in [6.07, 6.45) is 1.63. The van der Waals surface area contributed by atoms with Crippen LogP contribution in [0, 0.1) is 0 Å². The van der Waals surface area contributed by atoms with Crippen molar-refractivity contribution in [2.24, 2.45) is 7.05 Å². The number of pyridine rings is 1. The summed E-state index contributed by atoms with van der Waals surface area (Å²) in [6.45, 7) is 4.96. The van der Waals surface area contributed by atoms with Gasteiger partial charge in [0.2, 0.25) is 0 Å². The molecule has 0 bridgehead atoms. The number of hydrogen-bond acceptors (Lipinski definition) is 4. The number of amides is 1. The molecule has 6 heteroatoms. The number of benzene rings is 2. The van der Waals surface area contributed by atoms with Gasteiger partial charge in [0, 0.05) is 57.3 Å². The Balaban J connectivity index is 1.31. The lowest BCUT2D eigenvalue weighted by Crippen LogP contribution is -2.45. The SMILES string of the molecule is Cn1cccc(C(=O)Nc2ccc(CN3CCN(c4ccccc4)CC3)cc2)c1=O. The number of nitrogens with one attached hydrogen (secondary N) is 1. The smallest absolute Gasteiger partial charge is 0.263 e. The molecule has 1 N–H and O–H groups in total. The van der Waals surface area contributed by atoms with E-state index in [1.165, 1.54) is 15.8 Å². The number of rotatable bonds is 5. The van der Waals surface area contributed by atoms with Crippen LogP contribution in [0.25, 0.3) is 0 Å². The van der Waals surface area contributed by atoms with Gasteiger partial charge in [-0.25, -0.2) is 0 Å². The fourth-order valence-electron chi connectivity index (χ4n) is 3.72. The molecule has 0 saturated carbocycles. The van der Waals surface area contributed by atoms with Gasteiger partial charge in [0.1, 0.15) is 5.56 Å². The molecular weight excluding hydrogens is 376 g/mol. The van der Waals surface area contributed by atoms with Crippen LogP contribution >= 0.6 is 0 Å². The summed E-state index contributed by atoms with van der Waals surface area (Å²) in [6, 6.07) is 21.6. The second-order valence-corrected chi connectivity index (χ2v) is 7.59. The van der Waals surface area contributed by atoms with E-state index in [0.29, 0.717) is 5.69 Å². The number of carbonyl (C=O) groups excluding carboxylic acids is 1. The maximum atomic E-state index is 12.4. The highest BCUT2D eigenvalue weighted by molar-refractivity contribution is 6.03. The third-order valence-corrected chi connectivity index (χ3v) is 5.48. The van der Waals surface area contributed by atoms with Crippen LogP contribution in [0.1, 0.15) is 15.9 Å². The minimum atomic E-state index is -0.388. The van der Waals surface area contributed by atoms with E-state index in [4.69, 9.17) is 0 Å². The largest absolute Gasteiger partial charge is 0.369 e. The minimum Gasteiger partial charge on any atom is -0.369 e. The van der Waals surface area contributed by atoms with Crippen molar-refractivity contribution in [3.05, 3.63) is 94.4 Å². The first kappa shape index (κ1) is 19.9. The topological polar surface area (TPSA) is 57.6 Å². The Labute approximate surface area is 176 Å². The first-order valence-corrected chi connectivity index (χ1v) is 10.2. The molecule has 0 atom stereocenters. The highest BCUT2D eigenvalue weighted by Gasteiger charge is 2.17. The molecule has 1 aliphatic rings. The van der Waals surface area contributed by atoms with Gasteiger partial charge < -0.3 is 14.8 Å². The van der Waals surface area contributed by atoms with E-state index >= 15 is 0 Å². The number of aryl methyl sites for hydroxylation is 1. The lowest BCUT2D eigenvalue weighted by molar-refractivity contribution is 0.102. The van der Waals surface area contributed by atoms with E-state index in [0.717, 1.165) is 32.7 Å². The zero-order valence-corrected chi connectivity index (χ0v) is 17.1. The van der Waals surface area contributed by atoms with E-state index < -0.39 is 0 Å². The number of anilines is 2. The van der Waals surface area contributed by atoms with Gasteiger partial charge in [-0.3, -0.25) is 14.5 Å². The fraction of sp³-hybridized carbons (Fsp3) is 0.250. The third-order valence-electron chi connectivity index (χ3n) is 5.48. The molecule has 1 fully saturated rings. The van der Waals surface area contributed by atoms with Crippen molar-refractivity contribution in [2.45, 2.75) is 6.54 Å². The van der Waals surface area contributed by atoms with Crippen LogP contribution in [0.15, 0.2) is 77.7 Å². The van der Waals surface area contributed by atoms with E-state index in [-0.39, 0.29) is 17.0 Å². The maximum absolute atomic E-state index is 12.4. The van der Waals surface area contributed by atoms with Crippen molar-refractivity contribution < 1.29 is 4.79 Å². The van der Waals surface area contributed by atoms with Crippen LogP contribution in [0.5, 0.6) is 0 Å². The molecule has 154 valence electrons. The zero-order valence-electron chi connectivity index (χ0n) is 17.1. The monoisotopic (exact) mass is 402 g/mol. The molecule has 1 aromatic heterocycles. The van der Waals surface area contributed by atoms with E-state index in [1.54, 1.807) is 25.4 Å². The van der Waals surface area contributed by atoms with Crippen LogP contribution in [0.2, 0.25) is 0 Å². The van der Waals surface area contributed by atoms with E-state index in [2.05, 4.69) is 39.4 Å². The Bertz CT molecular complexity index is 1050. The molecule has 0 unspecified atom stereocenters. The van der Waals surface area contributed by atoms with Crippen molar-refractivity contribution in [1.82, 2.24) is 9.47 Å². The first-order chi connectivity index (χ1) is 14.6. The third kappa shape index (κ3) is 4.60. The van der Waals surface area contributed by atoms with Crippen molar-refractivity contribution in [3.63, 3.8) is 0 Å². The number of aromatic nitrogens is 1. The van der Waals surface area contributed by atoms with E-state index in [1.807, 2.05) is 30.3 Å². The standard InChI is InChI=1S/C24H26N4O2/c1-26-13-5-8-22(24(26)30)23(29)25-20-11-9-19(10-12-20)18-27-14-16-28(17-15-27)21-6-3-2-4-7-21/h2-13H,14-18H2,1H3,(H,25,29). The average Bonchev–Trinajstić information content (AvgIpc) is 2.78. The lowest BCUT2D eigenvalue weighted by Gasteiger charge is -2.36. The fourth-order valence-corrected chi connectivity index (χ4v) is 3.72. The molecule has 1 saturated heterocycles. The molecule has 0 radical (unpaired) electrons. The van der Waals surface area contributed by atoms with Crippen molar-refractivity contribution in [3.8, 4) is 0 Å². The minimum absolute atomic E-state index is 0.139. The molecule has 2 heterocycles. The Kier molecular flexibility index (Phi) is 5.95. The second-order valence-electron chi connectivity index (χ2n) is 7.59. The summed E-state index contributed by atoms with van der Waals surface area (Å²) in [5.74, 6) is -0.388. The summed E-state index contributed by atoms with van der Waals surface area (Å²) in [7, 11) is 1.63. The molecular formula is C24H26N4O2. The molecule has 30 heavy (non-hydrogen) atoms. The Morgan fingerprint density at radius 1 is 0.900 bits per heavy atom. The number of carbonyl (C=O) groups is 1. The van der Waals surface area contributed by atoms with Crippen LogP contribution in [0.3, 0.4) is 0 Å². The van der Waals surface area contributed by atoms with Crippen LogP contribution in [0.4, 0.5) is 11.4 Å². The van der Waals surface area contributed by atoms with Gasteiger partial charge in [-0.2, -0.15) is 0 Å². The van der Waals surface area contributed by atoms with Crippen LogP contribution in [-0.2, 0) is 13.6 Å². The molecule has 6 nitrogen and oxygen atoms in total. The van der Waals surface area contributed by atoms with Gasteiger partial charge in [-0.1, -0.05) is 30.3 Å². The molecule has 1 amide bonds. The summed E-state index contributed by atoms with van der Waals surface area (Å²) in [5, 5.41) is 2.81. The van der Waals surface area contributed by atoms with Gasteiger partial charge in [0.25, 0.3) is 11.5 Å². The highest BCUT2D eigenvalue weighted by atomic mass is 16.2. The molecule has 0 spiro atoms. The molecule has 2 aromatic carbocycles. The van der Waals surface area contributed by atoms with Gasteiger partial charge in [-0.05, 0) is 42.0 Å². The molecule has 0 aliphatic carbocycles. The second kappa shape index (κ2) is 8.97. The summed E-state index contributed by atoms with van der Waals surface area (Å²) < 4.78 is 1.40. The predicted octanol–water partition coefficient (Wildman–Crippen LogP) is 2.96. The number of piperazine rings is 1. The first-order valence-electron chi connectivity index (χ1n) is 10.2. The Morgan fingerprint density at radius 3 is 2.30 bits per heavy atom. The number of nitrogens with zero attached hydrogens (tertiary/aromatic N) is 3. The van der Waals surface area contributed by atoms with Crippen LogP contribution in [-0.4, -0.2) is 41.6 Å². The average molecular weight is 402 g/mol. The molecule has 4 rings (SSSR count). The van der Waals surface area contributed by atoms with Gasteiger partial charge >= 0.3 is 0 Å². The molecule has 1 aliphatic heterocycles. The summed E-state index contributed by atoms with van der Waals surface area (Å²) >= 11 is 0. The van der Waals surface area contributed by atoms with Gasteiger partial charge in [-0.15, -0.1) is 0 Å². The van der Waals surface area contributed by atoms with Gasteiger partial charge in [0.05, 0.1) is 0 Å². The Hall–Kier alpha value is -3.38. The highest BCUT2D eigenvalue weighted by Crippen LogP contribution is 2.17. The summed E-state index contributed by atoms with van der Waals surface area (Å²) in [4.78, 5) is 29.3. The van der Waals surface area contributed by atoms with Crippen LogP contribution < -0.4 is 15.8 Å².